The first kappa shape index (κ1) is 12.3. The lowest BCUT2D eigenvalue weighted by molar-refractivity contribution is 0.586. The molecule has 1 aliphatic rings. The highest BCUT2D eigenvalue weighted by Crippen LogP contribution is 2.46. The maximum Gasteiger partial charge on any atom is 0.136 e. The smallest absolute Gasteiger partial charge is 0.136 e. The van der Waals surface area contributed by atoms with Gasteiger partial charge in [0.25, 0.3) is 0 Å². The van der Waals surface area contributed by atoms with Gasteiger partial charge >= 0.3 is 0 Å². The van der Waals surface area contributed by atoms with Crippen molar-refractivity contribution in [3.05, 3.63) is 47.9 Å². The average molecular weight is 253 g/mol. The highest BCUT2D eigenvalue weighted by molar-refractivity contribution is 5.59. The van der Waals surface area contributed by atoms with Crippen LogP contribution in [0.2, 0.25) is 0 Å². The third-order valence-corrected chi connectivity index (χ3v) is 3.77. The molecule has 1 saturated carbocycles. The molecule has 3 rings (SSSR count). The number of benzene rings is 1. The fourth-order valence-corrected chi connectivity index (χ4v) is 2.53. The van der Waals surface area contributed by atoms with E-state index in [1.54, 1.807) is 0 Å². The lowest BCUT2D eigenvalue weighted by Gasteiger charge is -2.15. The van der Waals surface area contributed by atoms with Crippen molar-refractivity contribution in [1.29, 1.82) is 0 Å². The Bertz CT molecular complexity index is 574. The maximum atomic E-state index is 4.81. The molecule has 1 fully saturated rings. The molecule has 0 radical (unpaired) electrons. The summed E-state index contributed by atoms with van der Waals surface area (Å²) >= 11 is 0. The summed E-state index contributed by atoms with van der Waals surface area (Å²) in [6, 6.07) is 12.4. The van der Waals surface area contributed by atoms with Crippen LogP contribution in [0.15, 0.2) is 36.4 Å². The van der Waals surface area contributed by atoms with Gasteiger partial charge in [-0.2, -0.15) is 0 Å². The van der Waals surface area contributed by atoms with Crippen LogP contribution in [0.25, 0.3) is 11.3 Å². The number of aromatic nitrogens is 2. The lowest BCUT2D eigenvalue weighted by Crippen LogP contribution is -2.26. The van der Waals surface area contributed by atoms with E-state index in [2.05, 4.69) is 28.5 Å². The number of hydrogen-bond acceptors (Lipinski definition) is 3. The Morgan fingerprint density at radius 3 is 2.53 bits per heavy atom. The minimum atomic E-state index is 0.171. The van der Waals surface area contributed by atoms with Crippen molar-refractivity contribution < 1.29 is 0 Å². The summed E-state index contributed by atoms with van der Waals surface area (Å²) in [4.78, 5) is 9.47. The fraction of sp³-hybridized carbons (Fsp3) is 0.375. The summed E-state index contributed by atoms with van der Waals surface area (Å²) in [5, 5.41) is 3.27. The highest BCUT2D eigenvalue weighted by atomic mass is 15.0. The van der Waals surface area contributed by atoms with Gasteiger partial charge < -0.3 is 5.32 Å². The Balaban J connectivity index is 2.02. The van der Waals surface area contributed by atoms with Crippen molar-refractivity contribution >= 4 is 0 Å². The minimum absolute atomic E-state index is 0.171. The molecular weight excluding hydrogens is 234 g/mol. The van der Waals surface area contributed by atoms with E-state index in [1.165, 1.54) is 12.8 Å². The molecule has 0 amide bonds. The standard InChI is InChI=1S/C16H19N3/c1-12-10-14(13-6-4-3-5-7-13)19-15(18-12)16(8-9-16)11-17-2/h3-7,10,17H,8-9,11H2,1-2H3. The second-order valence-corrected chi connectivity index (χ2v) is 5.39. The molecule has 1 aromatic heterocycles. The first-order valence-corrected chi connectivity index (χ1v) is 6.80. The van der Waals surface area contributed by atoms with Gasteiger partial charge in [0.1, 0.15) is 5.82 Å². The van der Waals surface area contributed by atoms with E-state index in [9.17, 15) is 0 Å². The van der Waals surface area contributed by atoms with Crippen LogP contribution < -0.4 is 5.32 Å². The molecule has 2 aromatic rings. The van der Waals surface area contributed by atoms with Crippen LogP contribution >= 0.6 is 0 Å². The van der Waals surface area contributed by atoms with E-state index in [0.29, 0.717) is 0 Å². The molecule has 0 atom stereocenters. The first-order chi connectivity index (χ1) is 9.23. The van der Waals surface area contributed by atoms with E-state index in [4.69, 9.17) is 4.98 Å². The van der Waals surface area contributed by atoms with E-state index in [0.717, 1.165) is 29.3 Å². The van der Waals surface area contributed by atoms with Gasteiger partial charge in [-0.15, -0.1) is 0 Å². The predicted molar refractivity (Wildman–Crippen MR) is 77.0 cm³/mol. The van der Waals surface area contributed by atoms with Crippen LogP contribution in [-0.2, 0) is 5.41 Å². The molecule has 0 unspecified atom stereocenters. The third kappa shape index (κ3) is 2.38. The first-order valence-electron chi connectivity index (χ1n) is 6.80. The molecule has 0 spiro atoms. The largest absolute Gasteiger partial charge is 0.319 e. The van der Waals surface area contributed by atoms with Gasteiger partial charge in [0.05, 0.1) is 5.69 Å². The molecule has 3 nitrogen and oxygen atoms in total. The van der Waals surface area contributed by atoms with Gasteiger partial charge in [-0.05, 0) is 32.9 Å². The Hall–Kier alpha value is -1.74. The van der Waals surface area contributed by atoms with Crippen molar-refractivity contribution in [2.45, 2.75) is 25.2 Å². The van der Waals surface area contributed by atoms with Gasteiger partial charge in [-0.1, -0.05) is 30.3 Å². The molecule has 0 aliphatic heterocycles. The van der Waals surface area contributed by atoms with Crippen LogP contribution in [0.5, 0.6) is 0 Å². The number of aryl methyl sites for hydroxylation is 1. The summed E-state index contributed by atoms with van der Waals surface area (Å²) in [6.45, 7) is 3.01. The normalized spacial score (nSPS) is 16.3. The van der Waals surface area contributed by atoms with Crippen molar-refractivity contribution in [1.82, 2.24) is 15.3 Å². The van der Waals surface area contributed by atoms with Crippen LogP contribution in [0, 0.1) is 6.92 Å². The number of rotatable bonds is 4. The Morgan fingerprint density at radius 1 is 1.16 bits per heavy atom. The highest BCUT2D eigenvalue weighted by Gasteiger charge is 2.46. The molecule has 0 saturated heterocycles. The van der Waals surface area contributed by atoms with Crippen LogP contribution in [0.4, 0.5) is 0 Å². The zero-order valence-corrected chi connectivity index (χ0v) is 11.5. The number of likely N-dealkylation sites (N-methyl/N-ethyl adjacent to an activating group) is 1. The molecule has 1 aromatic carbocycles. The molecule has 19 heavy (non-hydrogen) atoms. The van der Waals surface area contributed by atoms with Crippen molar-refractivity contribution in [3.8, 4) is 11.3 Å². The number of hydrogen-bond donors (Lipinski definition) is 1. The van der Waals surface area contributed by atoms with Gasteiger partial charge in [0, 0.05) is 23.2 Å². The Kier molecular flexibility index (Phi) is 3.07. The van der Waals surface area contributed by atoms with Crippen molar-refractivity contribution in [2.24, 2.45) is 0 Å². The van der Waals surface area contributed by atoms with Gasteiger partial charge in [0.15, 0.2) is 0 Å². The minimum Gasteiger partial charge on any atom is -0.319 e. The predicted octanol–water partition coefficient (Wildman–Crippen LogP) is 2.70. The summed E-state index contributed by atoms with van der Waals surface area (Å²) in [5.74, 6) is 1.00. The van der Waals surface area contributed by atoms with Crippen LogP contribution in [0.3, 0.4) is 0 Å². The molecule has 3 heteroatoms. The van der Waals surface area contributed by atoms with E-state index >= 15 is 0 Å². The summed E-state index contributed by atoms with van der Waals surface area (Å²) in [5.41, 5.74) is 3.41. The topological polar surface area (TPSA) is 37.8 Å². The molecule has 98 valence electrons. The van der Waals surface area contributed by atoms with Crippen LogP contribution in [0.1, 0.15) is 24.4 Å². The van der Waals surface area contributed by atoms with Crippen molar-refractivity contribution in [3.63, 3.8) is 0 Å². The van der Waals surface area contributed by atoms with Gasteiger partial charge in [-0.25, -0.2) is 9.97 Å². The summed E-state index contributed by atoms with van der Waals surface area (Å²) in [7, 11) is 1.99. The second-order valence-electron chi connectivity index (χ2n) is 5.39. The fourth-order valence-electron chi connectivity index (χ4n) is 2.53. The summed E-state index contributed by atoms with van der Waals surface area (Å²) in [6.07, 6.45) is 2.37. The molecule has 1 aliphatic carbocycles. The SMILES string of the molecule is CNCC1(c2nc(C)cc(-c3ccccc3)n2)CC1. The third-order valence-electron chi connectivity index (χ3n) is 3.77. The Morgan fingerprint density at radius 2 is 1.89 bits per heavy atom. The summed E-state index contributed by atoms with van der Waals surface area (Å²) < 4.78 is 0. The molecule has 0 bridgehead atoms. The van der Waals surface area contributed by atoms with Gasteiger partial charge in [0.2, 0.25) is 0 Å². The lowest BCUT2D eigenvalue weighted by atomic mass is 10.1. The van der Waals surface area contributed by atoms with Crippen LogP contribution in [-0.4, -0.2) is 23.6 Å². The van der Waals surface area contributed by atoms with E-state index in [-0.39, 0.29) is 5.41 Å². The molecular formula is C16H19N3. The average Bonchev–Trinajstić information content (AvgIpc) is 3.21. The quantitative estimate of drug-likeness (QED) is 0.910. The van der Waals surface area contributed by atoms with E-state index in [1.807, 2.05) is 32.2 Å². The zero-order chi connectivity index (χ0) is 13.3. The second kappa shape index (κ2) is 4.74. The molecule has 1 heterocycles. The molecule has 1 N–H and O–H groups in total. The van der Waals surface area contributed by atoms with Crippen molar-refractivity contribution in [2.75, 3.05) is 13.6 Å². The Labute approximate surface area is 114 Å². The van der Waals surface area contributed by atoms with Gasteiger partial charge in [-0.3, -0.25) is 0 Å². The number of nitrogens with zero attached hydrogens (tertiary/aromatic N) is 2. The monoisotopic (exact) mass is 253 g/mol. The number of nitrogens with one attached hydrogen (secondary N) is 1. The maximum absolute atomic E-state index is 4.81. The zero-order valence-electron chi connectivity index (χ0n) is 11.5. The van der Waals surface area contributed by atoms with E-state index < -0.39 is 0 Å².